The van der Waals surface area contributed by atoms with Crippen LogP contribution in [0.1, 0.15) is 0 Å². The van der Waals surface area contributed by atoms with Crippen molar-refractivity contribution in [2.24, 2.45) is 0 Å². The van der Waals surface area contributed by atoms with Crippen LogP contribution in [-0.4, -0.2) is 28.6 Å². The molecular formula is C3H5F4Si. The number of rotatable bonds is 2. The molecule has 0 heterocycles. The van der Waals surface area contributed by atoms with Gasteiger partial charge < -0.3 is 0 Å². The van der Waals surface area contributed by atoms with Gasteiger partial charge in [0.1, 0.15) is 5.79 Å². The summed E-state index contributed by atoms with van der Waals surface area (Å²) in [4.78, 5) is 0. The van der Waals surface area contributed by atoms with Crippen LogP contribution in [0.25, 0.3) is 0 Å². The van der Waals surface area contributed by atoms with E-state index in [0.717, 1.165) is 0 Å². The minimum atomic E-state index is -3.19. The van der Waals surface area contributed by atoms with Crippen molar-refractivity contribution < 1.29 is 17.6 Å². The molecule has 0 rings (SSSR count). The lowest BCUT2D eigenvalue weighted by atomic mass is 10.4. The van der Waals surface area contributed by atoms with Crippen LogP contribution < -0.4 is 0 Å². The predicted molar refractivity (Wildman–Crippen MR) is 24.3 cm³/mol. The Morgan fingerprint density at radius 3 is 1.38 bits per heavy atom. The van der Waals surface area contributed by atoms with Gasteiger partial charge in [-0.25, -0.2) is 17.6 Å². The predicted octanol–water partition coefficient (Wildman–Crippen LogP) is 0.518. The Morgan fingerprint density at radius 2 is 1.38 bits per heavy atom. The van der Waals surface area contributed by atoms with Crippen molar-refractivity contribution in [1.82, 2.24) is 0 Å². The van der Waals surface area contributed by atoms with Crippen LogP contribution in [0, 0.1) is 0 Å². The van der Waals surface area contributed by atoms with Crippen molar-refractivity contribution in [1.29, 1.82) is 0 Å². The van der Waals surface area contributed by atoms with E-state index in [2.05, 4.69) is 0 Å². The maximum atomic E-state index is 11.5. The SMILES string of the molecule is FC(F)C(F)C(F)[SiH2]. The van der Waals surface area contributed by atoms with Crippen molar-refractivity contribution >= 4 is 10.2 Å². The molecule has 1 radical (unpaired) electrons. The highest BCUT2D eigenvalue weighted by molar-refractivity contribution is 6.11. The van der Waals surface area contributed by atoms with Gasteiger partial charge in [0.15, 0.2) is 6.17 Å². The first-order valence-corrected chi connectivity index (χ1v) is 2.76. The molecule has 0 aliphatic heterocycles. The summed E-state index contributed by atoms with van der Waals surface area (Å²) in [6, 6.07) is 0. The van der Waals surface area contributed by atoms with Gasteiger partial charge in [-0.3, -0.25) is 0 Å². The number of alkyl halides is 4. The van der Waals surface area contributed by atoms with E-state index in [1.165, 1.54) is 0 Å². The Kier molecular flexibility index (Phi) is 3.04. The fourth-order valence-corrected chi connectivity index (χ4v) is 0.364. The quantitative estimate of drug-likeness (QED) is 0.392. The number of hydrogen-bond acceptors (Lipinski definition) is 0. The van der Waals surface area contributed by atoms with Crippen molar-refractivity contribution in [3.8, 4) is 0 Å². The van der Waals surface area contributed by atoms with Crippen LogP contribution in [-0.2, 0) is 0 Å². The van der Waals surface area contributed by atoms with Crippen molar-refractivity contribution in [3.05, 3.63) is 0 Å². The molecule has 5 heteroatoms. The molecule has 8 heavy (non-hydrogen) atoms. The summed E-state index contributed by atoms with van der Waals surface area (Å²) >= 11 is 0. The van der Waals surface area contributed by atoms with Crippen LogP contribution >= 0.6 is 0 Å². The van der Waals surface area contributed by atoms with Gasteiger partial charge in [-0.05, 0) is 0 Å². The van der Waals surface area contributed by atoms with E-state index >= 15 is 0 Å². The van der Waals surface area contributed by atoms with Crippen LogP contribution in [0.15, 0.2) is 0 Å². The third kappa shape index (κ3) is 2.30. The summed E-state index contributed by atoms with van der Waals surface area (Å²) in [5.74, 6) is -2.05. The molecule has 0 bridgehead atoms. The van der Waals surface area contributed by atoms with Gasteiger partial charge >= 0.3 is 0 Å². The number of halogens is 4. The van der Waals surface area contributed by atoms with E-state index in [-0.39, 0.29) is 0 Å². The molecule has 0 fully saturated rings. The minimum Gasteiger partial charge on any atom is -0.249 e. The van der Waals surface area contributed by atoms with E-state index in [9.17, 15) is 17.6 Å². The molecule has 49 valence electrons. The van der Waals surface area contributed by atoms with Gasteiger partial charge in [-0.1, -0.05) is 0 Å². The Bertz CT molecular complexity index is 56.3. The molecule has 0 aliphatic rings. The molecule has 0 aromatic rings. The average Bonchev–Trinajstić information content (AvgIpc) is 1.64. The summed E-state index contributed by atoms with van der Waals surface area (Å²) in [6.07, 6.45) is -5.81. The number of hydrogen-bond donors (Lipinski definition) is 0. The average molecular weight is 145 g/mol. The second-order valence-corrected chi connectivity index (χ2v) is 2.07. The Balaban J connectivity index is 3.46. The van der Waals surface area contributed by atoms with Crippen LogP contribution in [0.5, 0.6) is 0 Å². The van der Waals surface area contributed by atoms with Gasteiger partial charge in [-0.15, -0.1) is 0 Å². The maximum absolute atomic E-state index is 11.5. The molecule has 0 saturated heterocycles. The summed E-state index contributed by atoms with van der Waals surface area (Å²) < 4.78 is 45.2. The molecule has 0 aromatic carbocycles. The Morgan fingerprint density at radius 1 is 1.00 bits per heavy atom. The molecule has 0 amide bonds. The zero-order valence-electron chi connectivity index (χ0n) is 3.95. The molecule has 0 aromatic heterocycles. The highest BCUT2D eigenvalue weighted by Crippen LogP contribution is 2.09. The van der Waals surface area contributed by atoms with E-state index in [4.69, 9.17) is 0 Å². The third-order valence-electron chi connectivity index (χ3n) is 0.586. The monoisotopic (exact) mass is 145 g/mol. The lowest BCUT2D eigenvalue weighted by molar-refractivity contribution is 0.0255. The fraction of sp³-hybridized carbons (Fsp3) is 1.00. The topological polar surface area (TPSA) is 0 Å². The molecule has 0 spiro atoms. The normalized spacial score (nSPS) is 18.8. The van der Waals surface area contributed by atoms with E-state index in [0.29, 0.717) is 10.2 Å². The van der Waals surface area contributed by atoms with Crippen LogP contribution in [0.3, 0.4) is 0 Å². The second kappa shape index (κ2) is 3.06. The first kappa shape index (κ1) is 7.94. The van der Waals surface area contributed by atoms with Gasteiger partial charge in [0.25, 0.3) is 6.43 Å². The van der Waals surface area contributed by atoms with Crippen LogP contribution in [0.4, 0.5) is 17.6 Å². The van der Waals surface area contributed by atoms with E-state index < -0.39 is 18.4 Å². The van der Waals surface area contributed by atoms with Crippen LogP contribution in [0.2, 0.25) is 0 Å². The zero-order chi connectivity index (χ0) is 6.73. The fourth-order valence-electron chi connectivity index (χ4n) is 0.158. The molecular weight excluding hydrogens is 140 g/mol. The van der Waals surface area contributed by atoms with Crippen molar-refractivity contribution in [3.63, 3.8) is 0 Å². The largest absolute Gasteiger partial charge is 0.271 e. The molecule has 2 unspecified atom stereocenters. The van der Waals surface area contributed by atoms with E-state index in [1.807, 2.05) is 0 Å². The lowest BCUT2D eigenvalue weighted by Crippen LogP contribution is -2.24. The Hall–Kier alpha value is -0.0631. The summed E-state index contributed by atoms with van der Waals surface area (Å²) in [7, 11) is 0.574. The smallest absolute Gasteiger partial charge is 0.249 e. The lowest BCUT2D eigenvalue weighted by Gasteiger charge is -2.05. The Labute approximate surface area is 47.3 Å². The molecule has 0 saturated carbocycles. The van der Waals surface area contributed by atoms with Gasteiger partial charge in [0.2, 0.25) is 0 Å². The molecule has 2 atom stereocenters. The van der Waals surface area contributed by atoms with Crippen molar-refractivity contribution in [2.75, 3.05) is 0 Å². The molecule has 0 nitrogen and oxygen atoms in total. The van der Waals surface area contributed by atoms with Gasteiger partial charge in [-0.2, -0.15) is 0 Å². The first-order chi connectivity index (χ1) is 3.55. The minimum absolute atomic E-state index is 0.574. The summed E-state index contributed by atoms with van der Waals surface area (Å²) in [5, 5.41) is 0. The third-order valence-corrected chi connectivity index (χ3v) is 1.04. The zero-order valence-corrected chi connectivity index (χ0v) is 5.37. The van der Waals surface area contributed by atoms with Gasteiger partial charge in [0, 0.05) is 0 Å². The van der Waals surface area contributed by atoms with E-state index in [1.54, 1.807) is 0 Å². The van der Waals surface area contributed by atoms with Crippen molar-refractivity contribution in [2.45, 2.75) is 18.4 Å². The maximum Gasteiger partial charge on any atom is 0.271 e. The molecule has 0 aliphatic carbocycles. The molecule has 0 N–H and O–H groups in total. The highest BCUT2D eigenvalue weighted by Gasteiger charge is 2.25. The second-order valence-electron chi connectivity index (χ2n) is 1.29. The van der Waals surface area contributed by atoms with Gasteiger partial charge in [0.05, 0.1) is 10.2 Å². The first-order valence-electron chi connectivity index (χ1n) is 1.95. The summed E-state index contributed by atoms with van der Waals surface area (Å²) in [6.45, 7) is 0. The standard InChI is InChI=1S/C3H5F4Si/c4-1(2(5)6)3(7)8/h1-3H,8H2. The summed E-state index contributed by atoms with van der Waals surface area (Å²) in [5.41, 5.74) is 0. The highest BCUT2D eigenvalue weighted by atomic mass is 28.1.